The molecule has 0 aliphatic rings. The SMILES string of the molecule is CCC(C)c1ccc(N(c2ccc(N(c3ccc(C)cc3)c3ccc(C)cc3)cc2)c2ccc(N(c3ccc(C)cc3)c3ccc(I)cc3)cc2)cc1. The summed E-state index contributed by atoms with van der Waals surface area (Å²) >= 11 is 2.37. The van der Waals surface area contributed by atoms with Crippen LogP contribution in [0.1, 0.15) is 48.4 Å². The number of benzene rings is 7. The quantitative estimate of drug-likeness (QED) is 0.121. The molecule has 0 spiro atoms. The van der Waals surface area contributed by atoms with E-state index in [1.807, 2.05) is 0 Å². The number of hydrogen-bond donors (Lipinski definition) is 0. The van der Waals surface area contributed by atoms with E-state index in [0.717, 1.165) is 57.6 Å². The zero-order chi connectivity index (χ0) is 36.9. The second-order valence-corrected chi connectivity index (χ2v) is 15.2. The lowest BCUT2D eigenvalue weighted by Crippen LogP contribution is -2.13. The fraction of sp³-hybridized carbons (Fsp3) is 0.143. The first-order chi connectivity index (χ1) is 25.8. The number of hydrogen-bond acceptors (Lipinski definition) is 3. The molecule has 0 aromatic heterocycles. The van der Waals surface area contributed by atoms with Gasteiger partial charge in [0.05, 0.1) is 0 Å². The second-order valence-electron chi connectivity index (χ2n) is 13.9. The molecule has 0 radical (unpaired) electrons. The predicted molar refractivity (Wildman–Crippen MR) is 236 cm³/mol. The van der Waals surface area contributed by atoms with Crippen molar-refractivity contribution in [2.24, 2.45) is 0 Å². The molecule has 0 amide bonds. The van der Waals surface area contributed by atoms with Gasteiger partial charge in [-0.3, -0.25) is 0 Å². The Hall–Kier alpha value is -5.33. The average Bonchev–Trinajstić information content (AvgIpc) is 3.19. The molecule has 0 saturated heterocycles. The Morgan fingerprint density at radius 2 is 0.566 bits per heavy atom. The summed E-state index contributed by atoms with van der Waals surface area (Å²) in [5.74, 6) is 0.514. The molecule has 1 atom stereocenters. The Labute approximate surface area is 329 Å². The van der Waals surface area contributed by atoms with Crippen LogP contribution in [0.15, 0.2) is 170 Å². The van der Waals surface area contributed by atoms with Crippen LogP contribution in [0.4, 0.5) is 51.2 Å². The van der Waals surface area contributed by atoms with Crippen LogP contribution in [0.5, 0.6) is 0 Å². The largest absolute Gasteiger partial charge is 0.311 e. The zero-order valence-electron chi connectivity index (χ0n) is 31.2. The van der Waals surface area contributed by atoms with E-state index in [0.29, 0.717) is 5.92 Å². The molecule has 0 aliphatic carbocycles. The van der Waals surface area contributed by atoms with Crippen LogP contribution in [0, 0.1) is 24.3 Å². The Morgan fingerprint density at radius 3 is 0.811 bits per heavy atom. The first-order valence-corrected chi connectivity index (χ1v) is 19.5. The van der Waals surface area contributed by atoms with Gasteiger partial charge in [0.15, 0.2) is 0 Å². The number of nitrogens with zero attached hydrogens (tertiary/aromatic N) is 3. The van der Waals surface area contributed by atoms with Crippen molar-refractivity contribution in [3.63, 3.8) is 0 Å². The van der Waals surface area contributed by atoms with Gasteiger partial charge in [-0.2, -0.15) is 0 Å². The summed E-state index contributed by atoms with van der Waals surface area (Å²) in [6, 6.07) is 62.0. The minimum atomic E-state index is 0.514. The Balaban J connectivity index is 1.29. The van der Waals surface area contributed by atoms with E-state index in [1.165, 1.54) is 25.8 Å². The molecular formula is C49H46IN3. The zero-order valence-corrected chi connectivity index (χ0v) is 33.3. The van der Waals surface area contributed by atoms with Crippen molar-refractivity contribution < 1.29 is 0 Å². The van der Waals surface area contributed by atoms with Gasteiger partial charge in [-0.15, -0.1) is 0 Å². The summed E-state index contributed by atoms with van der Waals surface area (Å²) in [6.07, 6.45) is 1.11. The topological polar surface area (TPSA) is 9.72 Å². The molecule has 4 heteroatoms. The number of rotatable bonds is 11. The van der Waals surface area contributed by atoms with Crippen LogP contribution >= 0.6 is 22.6 Å². The highest BCUT2D eigenvalue weighted by atomic mass is 127. The molecule has 0 N–H and O–H groups in total. The summed E-state index contributed by atoms with van der Waals surface area (Å²) in [5, 5.41) is 0. The molecule has 53 heavy (non-hydrogen) atoms. The van der Waals surface area contributed by atoms with Gasteiger partial charge in [-0.05, 0) is 183 Å². The van der Waals surface area contributed by atoms with Gasteiger partial charge in [0.2, 0.25) is 0 Å². The lowest BCUT2D eigenvalue weighted by molar-refractivity contribution is 0.733. The monoisotopic (exact) mass is 803 g/mol. The summed E-state index contributed by atoms with van der Waals surface area (Å²) in [4.78, 5) is 7.01. The number of aryl methyl sites for hydroxylation is 3. The highest BCUT2D eigenvalue weighted by Gasteiger charge is 2.18. The third-order valence-electron chi connectivity index (χ3n) is 10.0. The van der Waals surface area contributed by atoms with Crippen molar-refractivity contribution in [3.05, 3.63) is 196 Å². The molecule has 3 nitrogen and oxygen atoms in total. The molecule has 0 bridgehead atoms. The van der Waals surface area contributed by atoms with E-state index in [2.05, 4.69) is 242 Å². The van der Waals surface area contributed by atoms with Crippen molar-refractivity contribution in [1.29, 1.82) is 0 Å². The van der Waals surface area contributed by atoms with Crippen LogP contribution in [0.3, 0.4) is 0 Å². The van der Waals surface area contributed by atoms with Gasteiger partial charge in [0, 0.05) is 54.8 Å². The third-order valence-corrected chi connectivity index (χ3v) is 10.7. The van der Waals surface area contributed by atoms with Gasteiger partial charge in [-0.25, -0.2) is 0 Å². The van der Waals surface area contributed by atoms with E-state index < -0.39 is 0 Å². The van der Waals surface area contributed by atoms with Gasteiger partial charge in [-0.1, -0.05) is 79.1 Å². The molecule has 0 fully saturated rings. The molecular weight excluding hydrogens is 757 g/mol. The first kappa shape index (κ1) is 36.0. The number of halogens is 1. The van der Waals surface area contributed by atoms with Crippen LogP contribution < -0.4 is 14.7 Å². The van der Waals surface area contributed by atoms with E-state index in [9.17, 15) is 0 Å². The van der Waals surface area contributed by atoms with Crippen LogP contribution in [-0.2, 0) is 0 Å². The summed E-state index contributed by atoms with van der Waals surface area (Å²) in [6.45, 7) is 10.9. The van der Waals surface area contributed by atoms with Crippen molar-refractivity contribution in [1.82, 2.24) is 0 Å². The fourth-order valence-electron chi connectivity index (χ4n) is 6.70. The molecule has 7 aromatic rings. The first-order valence-electron chi connectivity index (χ1n) is 18.4. The molecule has 0 saturated carbocycles. The molecule has 1 unspecified atom stereocenters. The van der Waals surface area contributed by atoms with E-state index in [-0.39, 0.29) is 0 Å². The standard InChI is InChI=1S/C49H46IN3/c1-6-38(5)39-13-23-44(24-14-39)53(48-31-27-46(28-32-48)51(41-17-7-35(2)8-18-41)42-19-9-36(3)10-20-42)49-33-29-47(30-34-49)52(43-21-11-37(4)12-22-43)45-25-15-40(50)16-26-45/h7-34,38H,6H2,1-5H3. The predicted octanol–water partition coefficient (Wildman–Crippen LogP) is 15.1. The van der Waals surface area contributed by atoms with Crippen LogP contribution in [-0.4, -0.2) is 0 Å². The Bertz CT molecular complexity index is 2000. The molecule has 264 valence electrons. The molecule has 0 heterocycles. The molecule has 7 rings (SSSR count). The van der Waals surface area contributed by atoms with E-state index >= 15 is 0 Å². The minimum absolute atomic E-state index is 0.514. The van der Waals surface area contributed by atoms with E-state index in [1.54, 1.807) is 0 Å². The Morgan fingerprint density at radius 1 is 0.358 bits per heavy atom. The summed E-state index contributed by atoms with van der Waals surface area (Å²) < 4.78 is 1.22. The van der Waals surface area contributed by atoms with Crippen molar-refractivity contribution in [2.75, 3.05) is 14.7 Å². The third kappa shape index (κ3) is 8.18. The summed E-state index contributed by atoms with van der Waals surface area (Å²) in [5.41, 5.74) is 15.1. The van der Waals surface area contributed by atoms with Crippen molar-refractivity contribution in [3.8, 4) is 0 Å². The van der Waals surface area contributed by atoms with Gasteiger partial charge < -0.3 is 14.7 Å². The van der Waals surface area contributed by atoms with Gasteiger partial charge in [0.1, 0.15) is 0 Å². The number of anilines is 9. The molecule has 7 aromatic carbocycles. The average molecular weight is 804 g/mol. The fourth-order valence-corrected chi connectivity index (χ4v) is 7.06. The Kier molecular flexibility index (Phi) is 11.0. The lowest BCUT2D eigenvalue weighted by Gasteiger charge is -2.30. The maximum atomic E-state index is 2.37. The smallest absolute Gasteiger partial charge is 0.0463 e. The molecule has 0 aliphatic heterocycles. The maximum absolute atomic E-state index is 2.37. The highest BCUT2D eigenvalue weighted by molar-refractivity contribution is 14.1. The van der Waals surface area contributed by atoms with Gasteiger partial charge in [0.25, 0.3) is 0 Å². The van der Waals surface area contributed by atoms with Crippen LogP contribution in [0.2, 0.25) is 0 Å². The maximum Gasteiger partial charge on any atom is 0.0463 e. The van der Waals surface area contributed by atoms with E-state index in [4.69, 9.17) is 0 Å². The minimum Gasteiger partial charge on any atom is -0.311 e. The van der Waals surface area contributed by atoms with Crippen molar-refractivity contribution >= 4 is 73.8 Å². The lowest BCUT2D eigenvalue weighted by atomic mass is 9.98. The highest BCUT2D eigenvalue weighted by Crippen LogP contribution is 2.41. The van der Waals surface area contributed by atoms with Crippen LogP contribution in [0.25, 0.3) is 0 Å². The second kappa shape index (κ2) is 16.1. The van der Waals surface area contributed by atoms with Gasteiger partial charge >= 0.3 is 0 Å². The summed E-state index contributed by atoms with van der Waals surface area (Å²) in [7, 11) is 0. The van der Waals surface area contributed by atoms with Crippen molar-refractivity contribution in [2.45, 2.75) is 47.0 Å². The normalized spacial score (nSPS) is 11.6.